The molecule has 7 heteroatoms. The molecule has 0 aromatic carbocycles. The molecule has 0 unspecified atom stereocenters. The predicted octanol–water partition coefficient (Wildman–Crippen LogP) is 1.58. The van der Waals surface area contributed by atoms with Crippen molar-refractivity contribution in [1.29, 1.82) is 0 Å². The molecule has 114 valence electrons. The fourth-order valence-electron chi connectivity index (χ4n) is 2.58. The maximum absolute atomic E-state index is 12.6. The summed E-state index contributed by atoms with van der Waals surface area (Å²) in [4.78, 5) is 18.5. The first kappa shape index (κ1) is 13.2. The molecule has 1 amide bonds. The van der Waals surface area contributed by atoms with E-state index < -0.39 is 0 Å². The van der Waals surface area contributed by atoms with Gasteiger partial charge in [-0.25, -0.2) is 4.98 Å². The quantitative estimate of drug-likeness (QED) is 0.926. The molecule has 1 saturated carbocycles. The van der Waals surface area contributed by atoms with E-state index in [1.165, 1.54) is 12.8 Å². The molecule has 4 rings (SSSR count). The molecule has 1 aliphatic heterocycles. The molecular formula is C15H17N5O2. The van der Waals surface area contributed by atoms with Crippen LogP contribution in [0.15, 0.2) is 18.3 Å². The van der Waals surface area contributed by atoms with Crippen LogP contribution >= 0.6 is 0 Å². The fraction of sp³-hybridized carbons (Fsp3) is 0.467. The fourth-order valence-corrected chi connectivity index (χ4v) is 2.58. The minimum atomic E-state index is -0.101. The summed E-state index contributed by atoms with van der Waals surface area (Å²) in [6.07, 6.45) is 5.79. The molecule has 7 nitrogen and oxygen atoms in total. The van der Waals surface area contributed by atoms with E-state index in [1.54, 1.807) is 23.2 Å². The molecule has 22 heavy (non-hydrogen) atoms. The van der Waals surface area contributed by atoms with Crippen LogP contribution < -0.4 is 9.64 Å². The van der Waals surface area contributed by atoms with Crippen LogP contribution in [0.5, 0.6) is 5.88 Å². The molecular weight excluding hydrogens is 282 g/mol. The Morgan fingerprint density at radius 2 is 2.27 bits per heavy atom. The second kappa shape index (κ2) is 5.40. The van der Waals surface area contributed by atoms with E-state index in [4.69, 9.17) is 4.74 Å². The maximum Gasteiger partial charge on any atom is 0.261 e. The number of H-pyrrole nitrogens is 1. The summed E-state index contributed by atoms with van der Waals surface area (Å²) in [5.41, 5.74) is 1.38. The number of carbonyl (C=O) groups is 1. The van der Waals surface area contributed by atoms with Gasteiger partial charge >= 0.3 is 0 Å². The SMILES string of the molecule is O=C(c1ccc(OCC2CC2)nc1)N1CCCc2n[nH]nc21. The average Bonchev–Trinajstić information content (AvgIpc) is 3.27. The summed E-state index contributed by atoms with van der Waals surface area (Å²) >= 11 is 0. The van der Waals surface area contributed by atoms with Crippen molar-refractivity contribution in [3.63, 3.8) is 0 Å². The van der Waals surface area contributed by atoms with E-state index in [-0.39, 0.29) is 5.91 Å². The van der Waals surface area contributed by atoms with Gasteiger partial charge in [0.25, 0.3) is 5.91 Å². The lowest BCUT2D eigenvalue weighted by Gasteiger charge is -2.24. The largest absolute Gasteiger partial charge is 0.477 e. The van der Waals surface area contributed by atoms with E-state index in [9.17, 15) is 4.79 Å². The summed E-state index contributed by atoms with van der Waals surface area (Å²) in [7, 11) is 0. The monoisotopic (exact) mass is 299 g/mol. The van der Waals surface area contributed by atoms with Crippen molar-refractivity contribution in [2.24, 2.45) is 5.92 Å². The van der Waals surface area contributed by atoms with Crippen LogP contribution in [-0.2, 0) is 6.42 Å². The van der Waals surface area contributed by atoms with Crippen molar-refractivity contribution in [3.8, 4) is 5.88 Å². The minimum absolute atomic E-state index is 0.101. The molecule has 0 spiro atoms. The van der Waals surface area contributed by atoms with Crippen molar-refractivity contribution in [2.75, 3.05) is 18.1 Å². The van der Waals surface area contributed by atoms with Gasteiger partial charge in [-0.15, -0.1) is 5.10 Å². The molecule has 3 heterocycles. The zero-order valence-electron chi connectivity index (χ0n) is 12.2. The maximum atomic E-state index is 12.6. The van der Waals surface area contributed by atoms with E-state index >= 15 is 0 Å². The number of aromatic nitrogens is 4. The van der Waals surface area contributed by atoms with Crippen molar-refractivity contribution in [2.45, 2.75) is 25.7 Å². The summed E-state index contributed by atoms with van der Waals surface area (Å²) in [5, 5.41) is 10.7. The van der Waals surface area contributed by atoms with Crippen LogP contribution in [-0.4, -0.2) is 39.5 Å². The number of ether oxygens (including phenoxy) is 1. The standard InChI is InChI=1S/C15H17N5O2/c21-15(20-7-1-2-12-14(20)18-19-17-12)11-5-6-13(16-8-11)22-9-10-3-4-10/h5-6,8,10H,1-4,7,9H2,(H,17,18,19). The van der Waals surface area contributed by atoms with Crippen molar-refractivity contribution < 1.29 is 9.53 Å². The number of amides is 1. The van der Waals surface area contributed by atoms with Gasteiger partial charge in [0.1, 0.15) is 5.69 Å². The third kappa shape index (κ3) is 2.54. The number of fused-ring (bicyclic) bond motifs is 1. The Morgan fingerprint density at radius 3 is 3.05 bits per heavy atom. The minimum Gasteiger partial charge on any atom is -0.477 e. The van der Waals surface area contributed by atoms with Gasteiger partial charge in [0, 0.05) is 18.8 Å². The number of nitrogens with one attached hydrogen (secondary N) is 1. The zero-order valence-corrected chi connectivity index (χ0v) is 12.2. The summed E-state index contributed by atoms with van der Waals surface area (Å²) in [5.74, 6) is 1.78. The van der Waals surface area contributed by atoms with Crippen LogP contribution in [0.2, 0.25) is 0 Å². The molecule has 0 saturated heterocycles. The van der Waals surface area contributed by atoms with Gasteiger partial charge in [-0.1, -0.05) is 0 Å². The Morgan fingerprint density at radius 1 is 1.36 bits per heavy atom. The van der Waals surface area contributed by atoms with Crippen molar-refractivity contribution >= 4 is 11.7 Å². The lowest BCUT2D eigenvalue weighted by atomic mass is 10.1. The Hall–Kier alpha value is -2.44. The second-order valence-electron chi connectivity index (χ2n) is 5.79. The van der Waals surface area contributed by atoms with Crippen LogP contribution in [0.25, 0.3) is 0 Å². The van der Waals surface area contributed by atoms with E-state index in [2.05, 4.69) is 20.4 Å². The Balaban J connectivity index is 1.48. The topological polar surface area (TPSA) is 84.0 Å². The first-order valence-electron chi connectivity index (χ1n) is 7.61. The van der Waals surface area contributed by atoms with Crippen LogP contribution in [0.4, 0.5) is 5.82 Å². The Bertz CT molecular complexity index is 677. The molecule has 2 aromatic heterocycles. The highest BCUT2D eigenvalue weighted by Gasteiger charge is 2.27. The molecule has 2 aliphatic rings. The number of anilines is 1. The van der Waals surface area contributed by atoms with Crippen LogP contribution in [0.3, 0.4) is 0 Å². The van der Waals surface area contributed by atoms with Crippen LogP contribution in [0.1, 0.15) is 35.3 Å². The number of aromatic amines is 1. The smallest absolute Gasteiger partial charge is 0.261 e. The number of nitrogens with zero attached hydrogens (tertiary/aromatic N) is 4. The first-order chi connectivity index (χ1) is 10.8. The molecule has 1 aliphatic carbocycles. The zero-order chi connectivity index (χ0) is 14.9. The highest BCUT2D eigenvalue weighted by atomic mass is 16.5. The van der Waals surface area contributed by atoms with E-state index in [1.807, 2.05) is 0 Å². The van der Waals surface area contributed by atoms with Gasteiger partial charge in [0.15, 0.2) is 5.82 Å². The highest BCUT2D eigenvalue weighted by Crippen LogP contribution is 2.29. The van der Waals surface area contributed by atoms with Gasteiger partial charge < -0.3 is 4.74 Å². The number of carbonyl (C=O) groups excluding carboxylic acids is 1. The third-order valence-corrected chi connectivity index (χ3v) is 4.04. The van der Waals surface area contributed by atoms with Crippen LogP contribution in [0, 0.1) is 5.92 Å². The number of rotatable bonds is 4. The van der Waals surface area contributed by atoms with Gasteiger partial charge in [-0.2, -0.15) is 10.3 Å². The van der Waals surface area contributed by atoms with Crippen molar-refractivity contribution in [3.05, 3.63) is 29.6 Å². The van der Waals surface area contributed by atoms with E-state index in [0.717, 1.165) is 18.5 Å². The molecule has 1 N–H and O–H groups in total. The average molecular weight is 299 g/mol. The Labute approximate surface area is 127 Å². The van der Waals surface area contributed by atoms with Gasteiger partial charge in [-0.05, 0) is 37.7 Å². The summed E-state index contributed by atoms with van der Waals surface area (Å²) in [6, 6.07) is 3.51. The van der Waals surface area contributed by atoms with Gasteiger partial charge in [0.2, 0.25) is 5.88 Å². The van der Waals surface area contributed by atoms with Crippen molar-refractivity contribution in [1.82, 2.24) is 20.4 Å². The molecule has 0 radical (unpaired) electrons. The van der Waals surface area contributed by atoms with Gasteiger partial charge in [0.05, 0.1) is 12.2 Å². The Kier molecular flexibility index (Phi) is 3.25. The summed E-state index contributed by atoms with van der Waals surface area (Å²) in [6.45, 7) is 1.37. The van der Waals surface area contributed by atoms with Gasteiger partial charge in [-0.3, -0.25) is 9.69 Å². The summed E-state index contributed by atoms with van der Waals surface area (Å²) < 4.78 is 5.59. The normalized spacial score (nSPS) is 17.2. The number of hydrogen-bond acceptors (Lipinski definition) is 5. The molecule has 2 aromatic rings. The lowest BCUT2D eigenvalue weighted by molar-refractivity contribution is 0.0984. The highest BCUT2D eigenvalue weighted by molar-refractivity contribution is 6.05. The molecule has 0 atom stereocenters. The lowest BCUT2D eigenvalue weighted by Crippen LogP contribution is -2.35. The predicted molar refractivity (Wildman–Crippen MR) is 78.8 cm³/mol. The second-order valence-corrected chi connectivity index (χ2v) is 5.79. The number of pyridine rings is 1. The number of aryl methyl sites for hydroxylation is 1. The first-order valence-corrected chi connectivity index (χ1v) is 7.61. The molecule has 1 fully saturated rings. The van der Waals surface area contributed by atoms with E-state index in [0.29, 0.717) is 36.3 Å². The molecule has 0 bridgehead atoms. The number of hydrogen-bond donors (Lipinski definition) is 1. The third-order valence-electron chi connectivity index (χ3n) is 4.04.